The molecule has 0 fully saturated rings. The Morgan fingerprint density at radius 2 is 2.11 bits per heavy atom. The molecular formula is C12H12F2N4O. The van der Waals surface area contributed by atoms with Crippen LogP contribution in [0.1, 0.15) is 16.2 Å². The van der Waals surface area contributed by atoms with Crippen molar-refractivity contribution < 1.29 is 13.6 Å². The van der Waals surface area contributed by atoms with Crippen LogP contribution in [0.4, 0.5) is 20.2 Å². The first-order valence-electron chi connectivity index (χ1n) is 5.45. The zero-order valence-electron chi connectivity index (χ0n) is 10.4. The normalized spacial score (nSPS) is 10.5. The summed E-state index contributed by atoms with van der Waals surface area (Å²) in [6.45, 7) is 1.66. The van der Waals surface area contributed by atoms with Crippen LogP contribution in [-0.4, -0.2) is 15.7 Å². The van der Waals surface area contributed by atoms with Crippen LogP contribution in [0.3, 0.4) is 0 Å². The fourth-order valence-electron chi connectivity index (χ4n) is 1.72. The highest BCUT2D eigenvalue weighted by atomic mass is 19.1. The van der Waals surface area contributed by atoms with E-state index < -0.39 is 17.5 Å². The van der Waals surface area contributed by atoms with Gasteiger partial charge in [0.15, 0.2) is 0 Å². The lowest BCUT2D eigenvalue weighted by molar-refractivity contribution is 0.101. The molecule has 1 aromatic heterocycles. The second-order valence-electron chi connectivity index (χ2n) is 4.05. The number of halogens is 2. The molecule has 0 unspecified atom stereocenters. The topological polar surface area (TPSA) is 72.9 Å². The first-order chi connectivity index (χ1) is 8.90. The van der Waals surface area contributed by atoms with Gasteiger partial charge in [0.25, 0.3) is 5.91 Å². The van der Waals surface area contributed by atoms with Crippen molar-refractivity contribution in [2.45, 2.75) is 6.92 Å². The van der Waals surface area contributed by atoms with E-state index in [1.165, 1.54) is 4.68 Å². The van der Waals surface area contributed by atoms with Crippen LogP contribution in [0.15, 0.2) is 18.2 Å². The molecule has 0 spiro atoms. The molecule has 0 atom stereocenters. The Hall–Kier alpha value is -2.44. The van der Waals surface area contributed by atoms with E-state index in [4.69, 9.17) is 5.73 Å². The molecule has 1 aromatic carbocycles. The van der Waals surface area contributed by atoms with Gasteiger partial charge >= 0.3 is 0 Å². The van der Waals surface area contributed by atoms with Crippen molar-refractivity contribution in [1.29, 1.82) is 0 Å². The van der Waals surface area contributed by atoms with Crippen LogP contribution in [0, 0.1) is 18.6 Å². The van der Waals surface area contributed by atoms with E-state index in [2.05, 4.69) is 10.4 Å². The molecule has 5 nitrogen and oxygen atoms in total. The van der Waals surface area contributed by atoms with Crippen molar-refractivity contribution in [3.63, 3.8) is 0 Å². The van der Waals surface area contributed by atoms with Gasteiger partial charge in [-0.2, -0.15) is 5.10 Å². The van der Waals surface area contributed by atoms with E-state index in [0.29, 0.717) is 11.8 Å². The maximum atomic E-state index is 13.4. The number of hydrogen-bond donors (Lipinski definition) is 2. The summed E-state index contributed by atoms with van der Waals surface area (Å²) in [5.41, 5.74) is 6.46. The molecule has 1 amide bonds. The molecule has 7 heteroatoms. The number of hydrogen-bond acceptors (Lipinski definition) is 3. The second-order valence-corrected chi connectivity index (χ2v) is 4.05. The Balaban J connectivity index is 2.31. The lowest BCUT2D eigenvalue weighted by Crippen LogP contribution is -2.18. The van der Waals surface area contributed by atoms with E-state index in [1.807, 2.05) is 0 Å². The summed E-state index contributed by atoms with van der Waals surface area (Å²) in [6.07, 6.45) is 0. The highest BCUT2D eigenvalue weighted by Gasteiger charge is 2.19. The Morgan fingerprint density at radius 1 is 1.42 bits per heavy atom. The zero-order chi connectivity index (χ0) is 14.2. The van der Waals surface area contributed by atoms with Gasteiger partial charge in [0.1, 0.15) is 17.3 Å². The number of nitrogens with zero attached hydrogens (tertiary/aromatic N) is 2. The van der Waals surface area contributed by atoms with Gasteiger partial charge in [0.05, 0.1) is 17.1 Å². The lowest BCUT2D eigenvalue weighted by Gasteiger charge is -2.07. The van der Waals surface area contributed by atoms with E-state index in [9.17, 15) is 13.6 Å². The summed E-state index contributed by atoms with van der Waals surface area (Å²) in [6, 6.07) is 2.88. The summed E-state index contributed by atoms with van der Waals surface area (Å²) in [5.74, 6) is -2.18. The molecule has 2 rings (SSSR count). The number of aromatic nitrogens is 2. The molecule has 19 heavy (non-hydrogen) atoms. The van der Waals surface area contributed by atoms with Gasteiger partial charge in [0, 0.05) is 13.1 Å². The maximum absolute atomic E-state index is 13.4. The monoisotopic (exact) mass is 266 g/mol. The van der Waals surface area contributed by atoms with Gasteiger partial charge in [-0.3, -0.25) is 9.48 Å². The predicted molar refractivity (Wildman–Crippen MR) is 66.7 cm³/mol. The molecule has 0 aliphatic rings. The number of rotatable bonds is 2. The van der Waals surface area contributed by atoms with E-state index in [1.54, 1.807) is 14.0 Å². The van der Waals surface area contributed by atoms with E-state index in [0.717, 1.165) is 12.1 Å². The summed E-state index contributed by atoms with van der Waals surface area (Å²) in [4.78, 5) is 12.0. The van der Waals surface area contributed by atoms with E-state index >= 15 is 0 Å². The minimum Gasteiger partial charge on any atom is -0.395 e. The van der Waals surface area contributed by atoms with Crippen LogP contribution in [0.2, 0.25) is 0 Å². The fraction of sp³-hybridized carbons (Fsp3) is 0.167. The smallest absolute Gasteiger partial charge is 0.276 e. The van der Waals surface area contributed by atoms with Crippen molar-refractivity contribution in [2.75, 3.05) is 11.1 Å². The number of aryl methyl sites for hydroxylation is 2. The highest BCUT2D eigenvalue weighted by Crippen LogP contribution is 2.19. The standard InChI is InChI=1S/C12H12F2N4O/c1-6-10(15)11(18(2)17-6)12(19)16-9-4-3-7(13)5-8(9)14/h3-5H,15H2,1-2H3,(H,16,19). The summed E-state index contributed by atoms with van der Waals surface area (Å²) in [5, 5.41) is 6.31. The van der Waals surface area contributed by atoms with Crippen molar-refractivity contribution in [3.8, 4) is 0 Å². The molecule has 0 bridgehead atoms. The number of nitrogens with two attached hydrogens (primary N) is 1. The number of amides is 1. The molecule has 0 aliphatic carbocycles. The zero-order valence-corrected chi connectivity index (χ0v) is 10.4. The molecule has 100 valence electrons. The molecule has 0 aliphatic heterocycles. The van der Waals surface area contributed by atoms with Crippen molar-refractivity contribution >= 4 is 17.3 Å². The number of carbonyl (C=O) groups is 1. The quantitative estimate of drug-likeness (QED) is 0.871. The fourth-order valence-corrected chi connectivity index (χ4v) is 1.72. The average molecular weight is 266 g/mol. The number of benzene rings is 1. The minimum atomic E-state index is -0.856. The highest BCUT2D eigenvalue weighted by molar-refractivity contribution is 6.06. The second kappa shape index (κ2) is 4.68. The Labute approximate surface area is 108 Å². The molecule has 1 heterocycles. The Bertz CT molecular complexity index is 651. The molecule has 2 aromatic rings. The Morgan fingerprint density at radius 3 is 2.63 bits per heavy atom. The van der Waals surface area contributed by atoms with Gasteiger partial charge in [-0.15, -0.1) is 0 Å². The third kappa shape index (κ3) is 2.40. The van der Waals surface area contributed by atoms with Crippen molar-refractivity contribution in [1.82, 2.24) is 9.78 Å². The number of carbonyl (C=O) groups excluding carboxylic acids is 1. The third-order valence-corrected chi connectivity index (χ3v) is 2.66. The molecule has 0 radical (unpaired) electrons. The maximum Gasteiger partial charge on any atom is 0.276 e. The summed E-state index contributed by atoms with van der Waals surface area (Å²) < 4.78 is 27.5. The predicted octanol–water partition coefficient (Wildman–Crippen LogP) is 1.84. The Kier molecular flexibility index (Phi) is 3.20. The molecule has 0 saturated heterocycles. The molecule has 3 N–H and O–H groups in total. The van der Waals surface area contributed by atoms with Gasteiger partial charge in [-0.05, 0) is 19.1 Å². The van der Waals surface area contributed by atoms with Crippen LogP contribution in [0.5, 0.6) is 0 Å². The van der Waals surface area contributed by atoms with Gasteiger partial charge in [0.2, 0.25) is 0 Å². The first kappa shape index (κ1) is 13.0. The SMILES string of the molecule is Cc1nn(C)c(C(=O)Nc2ccc(F)cc2F)c1N. The van der Waals surface area contributed by atoms with Crippen LogP contribution < -0.4 is 11.1 Å². The van der Waals surface area contributed by atoms with Gasteiger partial charge < -0.3 is 11.1 Å². The molecular weight excluding hydrogens is 254 g/mol. The van der Waals surface area contributed by atoms with Crippen molar-refractivity contribution in [2.24, 2.45) is 7.05 Å². The van der Waals surface area contributed by atoms with Crippen LogP contribution in [0.25, 0.3) is 0 Å². The molecule has 0 saturated carbocycles. The van der Waals surface area contributed by atoms with Gasteiger partial charge in [-0.25, -0.2) is 8.78 Å². The summed E-state index contributed by atoms with van der Waals surface area (Å²) in [7, 11) is 1.55. The third-order valence-electron chi connectivity index (χ3n) is 2.66. The largest absolute Gasteiger partial charge is 0.395 e. The lowest BCUT2D eigenvalue weighted by atomic mass is 10.2. The number of nitrogens with one attached hydrogen (secondary N) is 1. The van der Waals surface area contributed by atoms with Crippen LogP contribution >= 0.6 is 0 Å². The number of anilines is 2. The van der Waals surface area contributed by atoms with E-state index in [-0.39, 0.29) is 17.1 Å². The van der Waals surface area contributed by atoms with Crippen LogP contribution in [-0.2, 0) is 7.05 Å². The first-order valence-corrected chi connectivity index (χ1v) is 5.45. The number of nitrogen functional groups attached to an aromatic ring is 1. The summed E-state index contributed by atoms with van der Waals surface area (Å²) >= 11 is 0. The average Bonchev–Trinajstić information content (AvgIpc) is 2.57. The van der Waals surface area contributed by atoms with Gasteiger partial charge in [-0.1, -0.05) is 0 Å². The van der Waals surface area contributed by atoms with Crippen molar-refractivity contribution in [3.05, 3.63) is 41.2 Å². The minimum absolute atomic E-state index is 0.121.